The lowest BCUT2D eigenvalue weighted by Crippen LogP contribution is -2.64. The number of carbonyl (C=O) groups is 3. The molecule has 2 saturated heterocycles. The van der Waals surface area contributed by atoms with Crippen LogP contribution < -0.4 is 16.4 Å². The van der Waals surface area contributed by atoms with Gasteiger partial charge in [0.1, 0.15) is 11.6 Å². The fourth-order valence-corrected chi connectivity index (χ4v) is 5.93. The van der Waals surface area contributed by atoms with Crippen molar-refractivity contribution in [1.82, 2.24) is 15.5 Å². The van der Waals surface area contributed by atoms with Crippen LogP contribution in [0, 0.1) is 0 Å². The van der Waals surface area contributed by atoms with Gasteiger partial charge in [-0.05, 0) is 62.9 Å². The van der Waals surface area contributed by atoms with Gasteiger partial charge in [-0.3, -0.25) is 14.4 Å². The van der Waals surface area contributed by atoms with E-state index < -0.39 is 29.5 Å². The molecule has 1 aromatic rings. The Kier molecular flexibility index (Phi) is 7.77. The Morgan fingerprint density at radius 3 is 2.52 bits per heavy atom. The maximum absolute atomic E-state index is 13.6. The van der Waals surface area contributed by atoms with Crippen LogP contribution in [0.5, 0.6) is 0 Å². The number of aliphatic hydroxyl groups excluding tert-OH is 1. The second kappa shape index (κ2) is 9.97. The van der Waals surface area contributed by atoms with Crippen molar-refractivity contribution in [2.24, 2.45) is 5.73 Å². The van der Waals surface area contributed by atoms with Gasteiger partial charge >= 0.3 is 0 Å². The molecule has 1 unspecified atom stereocenters. The molecular formula is C21H28Br2N4O4. The molecule has 10 heteroatoms. The first kappa shape index (κ1) is 24.2. The summed E-state index contributed by atoms with van der Waals surface area (Å²) in [6.45, 7) is 2.62. The van der Waals surface area contributed by atoms with Crippen molar-refractivity contribution >= 4 is 49.6 Å². The summed E-state index contributed by atoms with van der Waals surface area (Å²) in [7, 11) is 0. The lowest BCUT2D eigenvalue weighted by molar-refractivity contribution is -0.147. The molecular weight excluding hydrogens is 532 g/mol. The molecule has 2 heterocycles. The quantitative estimate of drug-likeness (QED) is 0.400. The minimum absolute atomic E-state index is 0.105. The lowest BCUT2D eigenvalue weighted by atomic mass is 9.86. The van der Waals surface area contributed by atoms with E-state index in [9.17, 15) is 19.5 Å². The van der Waals surface area contributed by atoms with Crippen LogP contribution in [-0.4, -0.2) is 64.5 Å². The Bertz CT molecular complexity index is 840. The molecule has 2 fully saturated rings. The van der Waals surface area contributed by atoms with Gasteiger partial charge in [-0.2, -0.15) is 0 Å². The molecule has 2 aliphatic heterocycles. The highest BCUT2D eigenvalue weighted by molar-refractivity contribution is 9.11. The van der Waals surface area contributed by atoms with E-state index in [1.54, 1.807) is 4.90 Å². The van der Waals surface area contributed by atoms with Crippen molar-refractivity contribution in [2.75, 3.05) is 13.1 Å². The molecule has 4 atom stereocenters. The van der Waals surface area contributed by atoms with E-state index >= 15 is 0 Å². The summed E-state index contributed by atoms with van der Waals surface area (Å²) in [6.07, 6.45) is 1.88. The molecule has 0 aromatic heterocycles. The van der Waals surface area contributed by atoms with Crippen molar-refractivity contribution in [3.63, 3.8) is 0 Å². The van der Waals surface area contributed by atoms with Gasteiger partial charge in [0.15, 0.2) is 0 Å². The molecule has 8 nitrogen and oxygen atoms in total. The molecule has 0 bridgehead atoms. The van der Waals surface area contributed by atoms with Crippen molar-refractivity contribution in [2.45, 2.75) is 62.8 Å². The third-order valence-corrected chi connectivity index (χ3v) is 6.95. The number of likely N-dealkylation sites (tertiary alicyclic amines) is 1. The van der Waals surface area contributed by atoms with Crippen molar-refractivity contribution < 1.29 is 19.5 Å². The molecule has 0 radical (unpaired) electrons. The highest BCUT2D eigenvalue weighted by atomic mass is 79.9. The summed E-state index contributed by atoms with van der Waals surface area (Å²) < 4.78 is 1.69. The smallest absolute Gasteiger partial charge is 0.247 e. The number of nitrogens with two attached hydrogens (primary N) is 1. The van der Waals surface area contributed by atoms with E-state index in [1.807, 2.05) is 18.2 Å². The molecule has 0 aliphatic carbocycles. The van der Waals surface area contributed by atoms with Crippen molar-refractivity contribution in [3.05, 3.63) is 32.7 Å². The third kappa shape index (κ3) is 5.30. The van der Waals surface area contributed by atoms with Crippen LogP contribution in [0.3, 0.4) is 0 Å². The first-order valence-electron chi connectivity index (χ1n) is 10.4. The maximum atomic E-state index is 13.6. The SMILES string of the molecule is C[C@@H](O)C(NC(=O)[C@]1(Cc2cc(Br)cc(Br)c2)CCCN1C(=O)[C@@H]1CCCN1)C(N)=O. The topological polar surface area (TPSA) is 125 Å². The largest absolute Gasteiger partial charge is 0.391 e. The molecule has 31 heavy (non-hydrogen) atoms. The van der Waals surface area contributed by atoms with Gasteiger partial charge in [0.05, 0.1) is 12.1 Å². The fourth-order valence-electron chi connectivity index (χ4n) is 4.54. The molecule has 0 saturated carbocycles. The van der Waals surface area contributed by atoms with E-state index in [1.165, 1.54) is 6.92 Å². The Balaban J connectivity index is 1.98. The zero-order valence-electron chi connectivity index (χ0n) is 17.4. The van der Waals surface area contributed by atoms with Crippen LogP contribution in [0.1, 0.15) is 38.2 Å². The number of nitrogens with zero attached hydrogens (tertiary/aromatic N) is 1. The third-order valence-electron chi connectivity index (χ3n) is 6.03. The van der Waals surface area contributed by atoms with E-state index in [0.717, 1.165) is 33.9 Å². The van der Waals surface area contributed by atoms with E-state index in [0.29, 0.717) is 19.4 Å². The zero-order valence-corrected chi connectivity index (χ0v) is 20.5. The molecule has 1 aromatic carbocycles. The van der Waals surface area contributed by atoms with Crippen LogP contribution >= 0.6 is 31.9 Å². The second-order valence-electron chi connectivity index (χ2n) is 8.32. The van der Waals surface area contributed by atoms with Gasteiger partial charge in [0, 0.05) is 21.9 Å². The van der Waals surface area contributed by atoms with Crippen LogP contribution in [0.4, 0.5) is 0 Å². The van der Waals surface area contributed by atoms with Gasteiger partial charge in [0.25, 0.3) is 0 Å². The summed E-state index contributed by atoms with van der Waals surface area (Å²) in [5.41, 5.74) is 5.09. The summed E-state index contributed by atoms with van der Waals surface area (Å²) in [5, 5.41) is 15.8. The minimum atomic E-state index is -1.24. The Labute approximate surface area is 198 Å². The zero-order chi connectivity index (χ0) is 22.8. The van der Waals surface area contributed by atoms with Gasteiger partial charge < -0.3 is 26.4 Å². The average molecular weight is 560 g/mol. The summed E-state index contributed by atoms with van der Waals surface area (Å²) in [5.74, 6) is -1.40. The van der Waals surface area contributed by atoms with E-state index in [2.05, 4.69) is 42.5 Å². The van der Waals surface area contributed by atoms with Gasteiger partial charge in [-0.25, -0.2) is 0 Å². The normalized spacial score (nSPS) is 25.3. The predicted molar refractivity (Wildman–Crippen MR) is 123 cm³/mol. The number of aliphatic hydroxyl groups is 1. The Morgan fingerprint density at radius 1 is 1.29 bits per heavy atom. The molecule has 3 rings (SSSR count). The number of hydrogen-bond acceptors (Lipinski definition) is 5. The summed E-state index contributed by atoms with van der Waals surface area (Å²) in [4.78, 5) is 40.5. The Morgan fingerprint density at radius 2 is 1.97 bits per heavy atom. The number of amides is 3. The molecule has 5 N–H and O–H groups in total. The first-order valence-corrected chi connectivity index (χ1v) is 12.0. The minimum Gasteiger partial charge on any atom is -0.391 e. The number of halogens is 2. The van der Waals surface area contributed by atoms with E-state index in [4.69, 9.17) is 5.73 Å². The van der Waals surface area contributed by atoms with E-state index in [-0.39, 0.29) is 18.4 Å². The molecule has 3 amide bonds. The van der Waals surface area contributed by atoms with Crippen LogP contribution in [0.2, 0.25) is 0 Å². The summed E-state index contributed by atoms with van der Waals surface area (Å²) in [6, 6.07) is 4.17. The number of hydrogen-bond donors (Lipinski definition) is 4. The first-order chi connectivity index (χ1) is 14.6. The number of carbonyl (C=O) groups excluding carboxylic acids is 3. The second-order valence-corrected chi connectivity index (χ2v) is 10.2. The highest BCUT2D eigenvalue weighted by Crippen LogP contribution is 2.36. The average Bonchev–Trinajstić information content (AvgIpc) is 3.34. The maximum Gasteiger partial charge on any atom is 0.247 e. The molecule has 2 aliphatic rings. The number of primary amides is 1. The van der Waals surface area contributed by atoms with Gasteiger partial charge in [0.2, 0.25) is 17.7 Å². The predicted octanol–water partition coefficient (Wildman–Crippen LogP) is 1.22. The number of benzene rings is 1. The number of rotatable bonds is 7. The lowest BCUT2D eigenvalue weighted by Gasteiger charge is -2.39. The van der Waals surface area contributed by atoms with Crippen molar-refractivity contribution in [3.8, 4) is 0 Å². The van der Waals surface area contributed by atoms with Crippen LogP contribution in [-0.2, 0) is 20.8 Å². The van der Waals surface area contributed by atoms with Crippen LogP contribution in [0.15, 0.2) is 27.1 Å². The standard InChI is InChI=1S/C21H28Br2N4O4/c1-12(28)17(18(24)29)26-20(31)21(11-13-8-14(22)10-15(23)9-13)5-3-7-27(21)19(30)16-4-2-6-25-16/h8-10,12,16-17,25,28H,2-7,11H2,1H3,(H2,24,29)(H,26,31)/t12-,16+,17?,21-/m1/s1. The van der Waals surface area contributed by atoms with Gasteiger partial charge in [-0.1, -0.05) is 31.9 Å². The monoisotopic (exact) mass is 558 g/mol. The summed E-state index contributed by atoms with van der Waals surface area (Å²) >= 11 is 6.96. The fraction of sp³-hybridized carbons (Fsp3) is 0.571. The Hall–Kier alpha value is -1.49. The molecule has 0 spiro atoms. The van der Waals surface area contributed by atoms with Crippen molar-refractivity contribution in [1.29, 1.82) is 0 Å². The van der Waals surface area contributed by atoms with Crippen LogP contribution in [0.25, 0.3) is 0 Å². The van der Waals surface area contributed by atoms with Gasteiger partial charge in [-0.15, -0.1) is 0 Å². The number of nitrogens with one attached hydrogen (secondary N) is 2. The highest BCUT2D eigenvalue weighted by Gasteiger charge is 2.51. The molecule has 170 valence electrons.